The molecule has 0 radical (unpaired) electrons. The van der Waals surface area contributed by atoms with Crippen molar-refractivity contribution in [1.82, 2.24) is 0 Å². The van der Waals surface area contributed by atoms with Gasteiger partial charge in [-0.1, -0.05) is 51.3 Å². The second-order valence-corrected chi connectivity index (χ2v) is 6.04. The molecule has 2 aromatic rings. The Kier molecular flexibility index (Phi) is 4.82. The van der Waals surface area contributed by atoms with E-state index in [-0.39, 0.29) is 15.4 Å². The maximum absolute atomic E-state index is 13.8. The molecule has 0 bridgehead atoms. The normalized spacial score (nSPS) is 12.5. The lowest BCUT2D eigenvalue weighted by Gasteiger charge is -2.12. The Bertz CT molecular complexity index is 602. The van der Waals surface area contributed by atoms with Gasteiger partial charge in [0.15, 0.2) is 0 Å². The second kappa shape index (κ2) is 6.21. The van der Waals surface area contributed by atoms with E-state index < -0.39 is 11.6 Å². The maximum atomic E-state index is 13.8. The highest BCUT2D eigenvalue weighted by Crippen LogP contribution is 2.32. The first-order valence-corrected chi connectivity index (χ1v) is 7.17. The SMILES string of the molecule is Fc1cc(C(Br)Cc2cccc(Cl)c2)c(F)cc1Cl. The fourth-order valence-corrected chi connectivity index (χ4v) is 2.85. The van der Waals surface area contributed by atoms with Crippen LogP contribution in [0.2, 0.25) is 10.0 Å². The molecular weight excluding hydrogens is 357 g/mol. The summed E-state index contributed by atoms with van der Waals surface area (Å²) in [6.07, 6.45) is 0.499. The molecule has 1 atom stereocenters. The zero-order valence-electron chi connectivity index (χ0n) is 9.64. The van der Waals surface area contributed by atoms with Gasteiger partial charge in [-0.05, 0) is 36.2 Å². The Morgan fingerprint density at radius 3 is 2.47 bits per heavy atom. The maximum Gasteiger partial charge on any atom is 0.142 e. The molecule has 0 saturated heterocycles. The van der Waals surface area contributed by atoms with E-state index in [2.05, 4.69) is 15.9 Å². The van der Waals surface area contributed by atoms with Crippen LogP contribution < -0.4 is 0 Å². The van der Waals surface area contributed by atoms with Gasteiger partial charge in [0, 0.05) is 15.4 Å². The molecule has 19 heavy (non-hydrogen) atoms. The van der Waals surface area contributed by atoms with Gasteiger partial charge in [0.1, 0.15) is 11.6 Å². The van der Waals surface area contributed by atoms with Crippen molar-refractivity contribution in [3.05, 3.63) is 69.2 Å². The highest BCUT2D eigenvalue weighted by molar-refractivity contribution is 9.09. The fourth-order valence-electron chi connectivity index (χ4n) is 1.76. The summed E-state index contributed by atoms with van der Waals surface area (Å²) in [5.74, 6) is -1.16. The largest absolute Gasteiger partial charge is 0.207 e. The van der Waals surface area contributed by atoms with E-state index in [1.807, 2.05) is 12.1 Å². The molecule has 0 aliphatic heterocycles. The average molecular weight is 366 g/mol. The molecule has 0 heterocycles. The predicted molar refractivity (Wildman–Crippen MR) is 78.2 cm³/mol. The van der Waals surface area contributed by atoms with Crippen LogP contribution in [0.3, 0.4) is 0 Å². The van der Waals surface area contributed by atoms with Crippen molar-refractivity contribution in [2.45, 2.75) is 11.2 Å². The number of rotatable bonds is 3. The van der Waals surface area contributed by atoms with Crippen molar-refractivity contribution in [1.29, 1.82) is 0 Å². The third-order valence-electron chi connectivity index (χ3n) is 2.68. The van der Waals surface area contributed by atoms with E-state index in [1.165, 1.54) is 0 Å². The van der Waals surface area contributed by atoms with Crippen LogP contribution in [0.25, 0.3) is 0 Å². The van der Waals surface area contributed by atoms with Gasteiger partial charge in [0.2, 0.25) is 0 Å². The first kappa shape index (κ1) is 14.8. The summed E-state index contributed by atoms with van der Waals surface area (Å²) in [5.41, 5.74) is 1.17. The lowest BCUT2D eigenvalue weighted by molar-refractivity contribution is 0.584. The van der Waals surface area contributed by atoms with E-state index in [0.717, 1.165) is 17.7 Å². The molecule has 0 saturated carbocycles. The Morgan fingerprint density at radius 1 is 1.05 bits per heavy atom. The Labute approximate surface area is 128 Å². The number of benzene rings is 2. The topological polar surface area (TPSA) is 0 Å². The minimum Gasteiger partial charge on any atom is -0.207 e. The van der Waals surface area contributed by atoms with Crippen LogP contribution in [0.1, 0.15) is 16.0 Å². The molecule has 0 N–H and O–H groups in total. The summed E-state index contributed by atoms with van der Waals surface area (Å²) in [6.45, 7) is 0. The molecule has 0 aromatic heterocycles. The van der Waals surface area contributed by atoms with Gasteiger partial charge in [-0.2, -0.15) is 0 Å². The zero-order chi connectivity index (χ0) is 14.0. The minimum absolute atomic E-state index is 0.219. The molecule has 0 spiro atoms. The highest BCUT2D eigenvalue weighted by Gasteiger charge is 2.16. The molecule has 0 fully saturated rings. The summed E-state index contributed by atoms with van der Waals surface area (Å²) in [6, 6.07) is 9.34. The van der Waals surface area contributed by atoms with Crippen LogP contribution >= 0.6 is 39.1 Å². The molecular formula is C14H9BrCl2F2. The van der Waals surface area contributed by atoms with E-state index in [0.29, 0.717) is 11.4 Å². The van der Waals surface area contributed by atoms with Crippen LogP contribution in [0, 0.1) is 11.6 Å². The summed E-state index contributed by atoms with van der Waals surface area (Å²) in [7, 11) is 0. The van der Waals surface area contributed by atoms with Gasteiger partial charge in [-0.25, -0.2) is 8.78 Å². The first-order valence-electron chi connectivity index (χ1n) is 5.50. The molecule has 0 aliphatic rings. The molecule has 0 aliphatic carbocycles. The van der Waals surface area contributed by atoms with Gasteiger partial charge in [0.25, 0.3) is 0 Å². The smallest absolute Gasteiger partial charge is 0.142 e. The van der Waals surface area contributed by atoms with E-state index in [1.54, 1.807) is 12.1 Å². The van der Waals surface area contributed by atoms with E-state index >= 15 is 0 Å². The number of hydrogen-bond donors (Lipinski definition) is 0. The first-order chi connectivity index (χ1) is 8.97. The summed E-state index contributed by atoms with van der Waals surface area (Å²) >= 11 is 14.8. The van der Waals surface area contributed by atoms with E-state index in [4.69, 9.17) is 23.2 Å². The highest BCUT2D eigenvalue weighted by atomic mass is 79.9. The standard InChI is InChI=1S/C14H9BrCl2F2/c15-11(5-8-2-1-3-9(16)4-8)10-6-14(19)12(17)7-13(10)18/h1-4,6-7,11H,5H2. The Morgan fingerprint density at radius 2 is 1.79 bits per heavy atom. The van der Waals surface area contributed by atoms with Crippen molar-refractivity contribution < 1.29 is 8.78 Å². The molecule has 0 nitrogen and oxygen atoms in total. The predicted octanol–water partition coefficient (Wildman–Crippen LogP) is 5.95. The molecule has 100 valence electrons. The van der Waals surface area contributed by atoms with Crippen molar-refractivity contribution in [2.75, 3.05) is 0 Å². The van der Waals surface area contributed by atoms with Crippen molar-refractivity contribution in [3.63, 3.8) is 0 Å². The lowest BCUT2D eigenvalue weighted by atomic mass is 10.0. The van der Waals surface area contributed by atoms with Crippen molar-refractivity contribution in [2.24, 2.45) is 0 Å². The third-order valence-corrected chi connectivity index (χ3v) is 4.02. The molecule has 0 amide bonds. The van der Waals surface area contributed by atoms with Gasteiger partial charge in [-0.15, -0.1) is 0 Å². The van der Waals surface area contributed by atoms with Crippen LogP contribution in [0.15, 0.2) is 36.4 Å². The molecule has 1 unspecified atom stereocenters. The summed E-state index contributed by atoms with van der Waals surface area (Å²) < 4.78 is 27.1. The van der Waals surface area contributed by atoms with Gasteiger partial charge in [0.05, 0.1) is 5.02 Å². The number of halogens is 5. The monoisotopic (exact) mass is 364 g/mol. The minimum atomic E-state index is -0.631. The summed E-state index contributed by atoms with van der Waals surface area (Å²) in [4.78, 5) is -0.349. The molecule has 5 heteroatoms. The van der Waals surface area contributed by atoms with Gasteiger partial charge < -0.3 is 0 Å². The molecule has 2 aromatic carbocycles. The van der Waals surface area contributed by atoms with Crippen LogP contribution in [-0.2, 0) is 6.42 Å². The Balaban J connectivity index is 2.25. The van der Waals surface area contributed by atoms with Crippen molar-refractivity contribution >= 4 is 39.1 Å². The quantitative estimate of drug-likeness (QED) is 0.465. The second-order valence-electron chi connectivity index (χ2n) is 4.09. The number of hydrogen-bond acceptors (Lipinski definition) is 0. The van der Waals surface area contributed by atoms with E-state index in [9.17, 15) is 8.78 Å². The van der Waals surface area contributed by atoms with Crippen molar-refractivity contribution in [3.8, 4) is 0 Å². The lowest BCUT2D eigenvalue weighted by Crippen LogP contribution is -2.00. The average Bonchev–Trinajstić information content (AvgIpc) is 2.33. The zero-order valence-corrected chi connectivity index (χ0v) is 12.7. The van der Waals surface area contributed by atoms with Crippen LogP contribution in [0.4, 0.5) is 8.78 Å². The van der Waals surface area contributed by atoms with Crippen LogP contribution in [-0.4, -0.2) is 0 Å². The van der Waals surface area contributed by atoms with Crippen LogP contribution in [0.5, 0.6) is 0 Å². The number of alkyl halides is 1. The van der Waals surface area contributed by atoms with Gasteiger partial charge >= 0.3 is 0 Å². The summed E-state index contributed by atoms with van der Waals surface area (Å²) in [5, 5.41) is 0.392. The molecule has 2 rings (SSSR count). The van der Waals surface area contributed by atoms with Gasteiger partial charge in [-0.3, -0.25) is 0 Å². The Hall–Kier alpha value is -0.640. The fraction of sp³-hybridized carbons (Fsp3) is 0.143. The third kappa shape index (κ3) is 3.68.